The number of nitrogens with zero attached hydrogens (tertiary/aromatic N) is 4. The standard InChI is InChI=1S/C13H22N4O/c1-15-6-4-7-16(2)12(10-15)13(18)9-11-5-8-17(3)14-11/h5,8,12H,4,6-7,9-10H2,1-3H3. The fourth-order valence-electron chi connectivity index (χ4n) is 2.47. The predicted octanol–water partition coefficient (Wildman–Crippen LogP) is 0.168. The molecule has 0 amide bonds. The Bertz CT molecular complexity index is 415. The molecule has 1 aliphatic rings. The van der Waals surface area contributed by atoms with Crippen LogP contribution in [0.1, 0.15) is 12.1 Å². The van der Waals surface area contributed by atoms with Crippen LogP contribution in [-0.4, -0.2) is 65.1 Å². The number of ketones is 1. The summed E-state index contributed by atoms with van der Waals surface area (Å²) in [5.74, 6) is 0.268. The van der Waals surface area contributed by atoms with Gasteiger partial charge in [-0.2, -0.15) is 5.10 Å². The van der Waals surface area contributed by atoms with E-state index in [0.717, 1.165) is 31.7 Å². The Hall–Kier alpha value is -1.20. The summed E-state index contributed by atoms with van der Waals surface area (Å²) in [7, 11) is 6.00. The first-order valence-corrected chi connectivity index (χ1v) is 6.46. The third-order valence-corrected chi connectivity index (χ3v) is 3.56. The normalized spacial score (nSPS) is 22.9. The fourth-order valence-corrected chi connectivity index (χ4v) is 2.47. The molecule has 1 aromatic rings. The van der Waals surface area contributed by atoms with Crippen LogP contribution < -0.4 is 0 Å². The number of aromatic nitrogens is 2. The van der Waals surface area contributed by atoms with Gasteiger partial charge >= 0.3 is 0 Å². The number of likely N-dealkylation sites (N-methyl/N-ethyl adjacent to an activating group) is 2. The van der Waals surface area contributed by atoms with Gasteiger partial charge in [-0.3, -0.25) is 14.4 Å². The van der Waals surface area contributed by atoms with E-state index in [1.807, 2.05) is 26.4 Å². The number of Topliss-reactive ketones (excluding diaryl/α,β-unsaturated/α-hetero) is 1. The summed E-state index contributed by atoms with van der Waals surface area (Å²) in [5.41, 5.74) is 0.864. The van der Waals surface area contributed by atoms with E-state index < -0.39 is 0 Å². The molecule has 1 aromatic heterocycles. The highest BCUT2D eigenvalue weighted by molar-refractivity contribution is 5.86. The Labute approximate surface area is 108 Å². The molecule has 0 aliphatic carbocycles. The molecule has 1 saturated heterocycles. The summed E-state index contributed by atoms with van der Waals surface area (Å²) < 4.78 is 1.74. The van der Waals surface area contributed by atoms with E-state index in [4.69, 9.17) is 0 Å². The molecule has 0 saturated carbocycles. The lowest BCUT2D eigenvalue weighted by Gasteiger charge is -2.25. The van der Waals surface area contributed by atoms with Gasteiger partial charge in [0.15, 0.2) is 5.78 Å². The molecule has 5 heteroatoms. The van der Waals surface area contributed by atoms with Crippen molar-refractivity contribution in [3.63, 3.8) is 0 Å². The Morgan fingerprint density at radius 2 is 2.17 bits per heavy atom. The van der Waals surface area contributed by atoms with Gasteiger partial charge in [0.05, 0.1) is 18.2 Å². The van der Waals surface area contributed by atoms with Crippen LogP contribution >= 0.6 is 0 Å². The van der Waals surface area contributed by atoms with Gasteiger partial charge in [-0.1, -0.05) is 0 Å². The average molecular weight is 250 g/mol. The van der Waals surface area contributed by atoms with E-state index in [1.54, 1.807) is 4.68 Å². The molecule has 18 heavy (non-hydrogen) atoms. The van der Waals surface area contributed by atoms with Gasteiger partial charge in [-0.05, 0) is 39.7 Å². The zero-order valence-electron chi connectivity index (χ0n) is 11.5. The average Bonchev–Trinajstić information content (AvgIpc) is 2.62. The van der Waals surface area contributed by atoms with Crippen molar-refractivity contribution in [2.45, 2.75) is 18.9 Å². The van der Waals surface area contributed by atoms with Gasteiger partial charge in [0.2, 0.25) is 0 Å². The van der Waals surface area contributed by atoms with Crippen molar-refractivity contribution in [3.05, 3.63) is 18.0 Å². The number of hydrogen-bond donors (Lipinski definition) is 0. The van der Waals surface area contributed by atoms with Crippen molar-refractivity contribution >= 4 is 5.78 Å². The minimum absolute atomic E-state index is 0.000457. The second kappa shape index (κ2) is 5.63. The van der Waals surface area contributed by atoms with E-state index in [0.29, 0.717) is 6.42 Å². The van der Waals surface area contributed by atoms with Crippen LogP contribution in [-0.2, 0) is 18.3 Å². The fraction of sp³-hybridized carbons (Fsp3) is 0.692. The zero-order valence-corrected chi connectivity index (χ0v) is 11.5. The maximum absolute atomic E-state index is 12.4. The second-order valence-electron chi connectivity index (χ2n) is 5.24. The highest BCUT2D eigenvalue weighted by Gasteiger charge is 2.27. The molecule has 1 aliphatic heterocycles. The van der Waals surface area contributed by atoms with Gasteiger partial charge in [0.1, 0.15) is 0 Å². The van der Waals surface area contributed by atoms with E-state index in [9.17, 15) is 4.79 Å². The topological polar surface area (TPSA) is 41.4 Å². The molecular weight excluding hydrogens is 228 g/mol. The lowest BCUT2D eigenvalue weighted by Crippen LogP contribution is -2.44. The Morgan fingerprint density at radius 1 is 1.39 bits per heavy atom. The molecule has 0 aromatic carbocycles. The van der Waals surface area contributed by atoms with Crippen LogP contribution in [0, 0.1) is 0 Å². The van der Waals surface area contributed by atoms with Crippen molar-refractivity contribution < 1.29 is 4.79 Å². The van der Waals surface area contributed by atoms with Crippen molar-refractivity contribution in [1.29, 1.82) is 0 Å². The molecule has 100 valence electrons. The third-order valence-electron chi connectivity index (χ3n) is 3.56. The Balaban J connectivity index is 2.02. The first-order chi connectivity index (χ1) is 8.56. The molecule has 0 bridgehead atoms. The predicted molar refractivity (Wildman–Crippen MR) is 70.5 cm³/mol. The molecule has 2 heterocycles. The summed E-state index contributed by atoms with van der Waals surface area (Å²) in [5, 5.41) is 4.28. The highest BCUT2D eigenvalue weighted by atomic mass is 16.1. The Kier molecular flexibility index (Phi) is 4.14. The lowest BCUT2D eigenvalue weighted by atomic mass is 10.1. The van der Waals surface area contributed by atoms with Crippen LogP contribution in [0.5, 0.6) is 0 Å². The van der Waals surface area contributed by atoms with Crippen LogP contribution in [0.4, 0.5) is 0 Å². The SMILES string of the molecule is CN1CCCN(C)C(C(=O)Cc2ccn(C)n2)C1. The molecule has 1 unspecified atom stereocenters. The molecule has 1 fully saturated rings. The first kappa shape index (κ1) is 13.2. The largest absolute Gasteiger partial charge is 0.304 e. The number of carbonyl (C=O) groups excluding carboxylic acids is 1. The van der Waals surface area contributed by atoms with Crippen molar-refractivity contribution in [2.75, 3.05) is 33.7 Å². The van der Waals surface area contributed by atoms with E-state index in [1.165, 1.54) is 0 Å². The maximum Gasteiger partial charge on any atom is 0.157 e. The zero-order chi connectivity index (χ0) is 13.1. The molecular formula is C13H22N4O. The number of rotatable bonds is 3. The summed E-state index contributed by atoms with van der Waals surface area (Å²) in [6.07, 6.45) is 3.44. The van der Waals surface area contributed by atoms with Crippen molar-refractivity contribution in [1.82, 2.24) is 19.6 Å². The third kappa shape index (κ3) is 3.17. The number of aryl methyl sites for hydroxylation is 1. The van der Waals surface area contributed by atoms with Gasteiger partial charge in [0.25, 0.3) is 0 Å². The Morgan fingerprint density at radius 3 is 2.83 bits per heavy atom. The number of carbonyl (C=O) groups is 1. The summed E-state index contributed by atoms with van der Waals surface area (Å²) >= 11 is 0. The quantitative estimate of drug-likeness (QED) is 0.767. The lowest BCUT2D eigenvalue weighted by molar-refractivity contribution is -0.123. The van der Waals surface area contributed by atoms with E-state index in [2.05, 4.69) is 21.9 Å². The molecule has 5 nitrogen and oxygen atoms in total. The molecule has 0 spiro atoms. The van der Waals surface area contributed by atoms with Crippen LogP contribution in [0.15, 0.2) is 12.3 Å². The molecule has 1 atom stereocenters. The summed E-state index contributed by atoms with van der Waals surface area (Å²) in [4.78, 5) is 16.8. The summed E-state index contributed by atoms with van der Waals surface area (Å²) in [6, 6.07) is 1.91. The first-order valence-electron chi connectivity index (χ1n) is 6.46. The molecule has 0 N–H and O–H groups in total. The smallest absolute Gasteiger partial charge is 0.157 e. The van der Waals surface area contributed by atoms with Gasteiger partial charge < -0.3 is 4.90 Å². The highest BCUT2D eigenvalue weighted by Crippen LogP contribution is 2.10. The number of hydrogen-bond acceptors (Lipinski definition) is 4. The van der Waals surface area contributed by atoms with Gasteiger partial charge in [-0.25, -0.2) is 0 Å². The second-order valence-corrected chi connectivity index (χ2v) is 5.24. The van der Waals surface area contributed by atoms with Crippen LogP contribution in [0.2, 0.25) is 0 Å². The van der Waals surface area contributed by atoms with Crippen molar-refractivity contribution in [3.8, 4) is 0 Å². The molecule has 0 radical (unpaired) electrons. The minimum Gasteiger partial charge on any atom is -0.304 e. The minimum atomic E-state index is -0.000457. The van der Waals surface area contributed by atoms with Gasteiger partial charge in [-0.15, -0.1) is 0 Å². The van der Waals surface area contributed by atoms with E-state index in [-0.39, 0.29) is 11.8 Å². The van der Waals surface area contributed by atoms with Crippen LogP contribution in [0.25, 0.3) is 0 Å². The van der Waals surface area contributed by atoms with Crippen molar-refractivity contribution in [2.24, 2.45) is 7.05 Å². The monoisotopic (exact) mass is 250 g/mol. The van der Waals surface area contributed by atoms with Gasteiger partial charge in [0, 0.05) is 19.8 Å². The molecule has 2 rings (SSSR count). The van der Waals surface area contributed by atoms with Crippen LogP contribution in [0.3, 0.4) is 0 Å². The maximum atomic E-state index is 12.4. The van der Waals surface area contributed by atoms with E-state index >= 15 is 0 Å². The summed E-state index contributed by atoms with van der Waals surface area (Å²) in [6.45, 7) is 2.88.